The molecule has 9 heteroatoms. The lowest BCUT2D eigenvalue weighted by Gasteiger charge is -2.42. The molecule has 0 aromatic heterocycles. The highest BCUT2D eigenvalue weighted by atomic mass is 16.6. The summed E-state index contributed by atoms with van der Waals surface area (Å²) in [7, 11) is 0. The number of ether oxygens (including phenoxy) is 2. The SMILES string of the molecule is CC1CCC(C(=O)N[C@H](C(=O)N2CCCC2)[C@@H](C)OCc2ccccc2)(C(C)O)N1C(=O)OC(C)(C)C. The predicted octanol–water partition coefficient (Wildman–Crippen LogP) is 3.24. The third kappa shape index (κ3) is 6.62. The number of carbonyl (C=O) groups excluding carboxylic acids is 3. The summed E-state index contributed by atoms with van der Waals surface area (Å²) in [5.74, 6) is -0.799. The topological polar surface area (TPSA) is 108 Å². The van der Waals surface area contributed by atoms with E-state index in [1.165, 1.54) is 11.8 Å². The molecule has 5 atom stereocenters. The highest BCUT2D eigenvalue weighted by Gasteiger charge is 2.57. The molecular weight excluding hydrogens is 474 g/mol. The molecule has 0 radical (unpaired) electrons. The molecule has 1 aromatic carbocycles. The van der Waals surface area contributed by atoms with Crippen molar-refractivity contribution in [2.45, 2.75) is 109 Å². The fraction of sp³-hybridized carbons (Fsp3) is 0.679. The fourth-order valence-electron chi connectivity index (χ4n) is 5.23. The summed E-state index contributed by atoms with van der Waals surface area (Å²) in [6.45, 7) is 11.9. The second-order valence-corrected chi connectivity index (χ2v) is 11.3. The van der Waals surface area contributed by atoms with Crippen molar-refractivity contribution in [3.63, 3.8) is 0 Å². The van der Waals surface area contributed by atoms with Crippen molar-refractivity contribution >= 4 is 17.9 Å². The first-order chi connectivity index (χ1) is 17.4. The average Bonchev–Trinajstić information content (AvgIpc) is 3.48. The monoisotopic (exact) mass is 517 g/mol. The van der Waals surface area contributed by atoms with Gasteiger partial charge in [-0.1, -0.05) is 30.3 Å². The Morgan fingerprint density at radius 3 is 2.32 bits per heavy atom. The highest BCUT2D eigenvalue weighted by molar-refractivity contribution is 5.95. The van der Waals surface area contributed by atoms with Gasteiger partial charge in [-0.3, -0.25) is 14.5 Å². The molecule has 0 bridgehead atoms. The molecule has 2 aliphatic heterocycles. The van der Waals surface area contributed by atoms with Crippen LogP contribution < -0.4 is 5.32 Å². The number of rotatable bonds is 8. The number of nitrogens with one attached hydrogen (secondary N) is 1. The first-order valence-electron chi connectivity index (χ1n) is 13.3. The van der Waals surface area contributed by atoms with E-state index < -0.39 is 41.4 Å². The summed E-state index contributed by atoms with van der Waals surface area (Å²) in [6, 6.07) is 8.32. The zero-order valence-corrected chi connectivity index (χ0v) is 23.0. The van der Waals surface area contributed by atoms with Gasteiger partial charge in [0.15, 0.2) is 5.54 Å². The molecule has 2 fully saturated rings. The van der Waals surface area contributed by atoms with Crippen molar-refractivity contribution in [1.29, 1.82) is 0 Å². The largest absolute Gasteiger partial charge is 0.444 e. The molecular formula is C28H43N3O6. The van der Waals surface area contributed by atoms with Gasteiger partial charge < -0.3 is 24.8 Å². The molecule has 2 N–H and O–H groups in total. The number of carbonyl (C=O) groups is 3. The van der Waals surface area contributed by atoms with Gasteiger partial charge >= 0.3 is 6.09 Å². The van der Waals surface area contributed by atoms with Gasteiger partial charge in [0.2, 0.25) is 11.8 Å². The van der Waals surface area contributed by atoms with Gasteiger partial charge in [-0.25, -0.2) is 4.79 Å². The first kappa shape index (κ1) is 28.9. The van der Waals surface area contributed by atoms with Crippen LogP contribution in [0.1, 0.15) is 72.8 Å². The van der Waals surface area contributed by atoms with E-state index in [2.05, 4.69) is 5.32 Å². The van der Waals surface area contributed by atoms with Crippen molar-refractivity contribution in [2.24, 2.45) is 0 Å². The summed E-state index contributed by atoms with van der Waals surface area (Å²) in [4.78, 5) is 43.9. The van der Waals surface area contributed by atoms with Gasteiger partial charge in [0, 0.05) is 19.1 Å². The normalized spacial score (nSPS) is 24.5. The third-order valence-electron chi connectivity index (χ3n) is 7.28. The first-order valence-corrected chi connectivity index (χ1v) is 13.3. The Balaban J connectivity index is 1.87. The van der Waals surface area contributed by atoms with Crippen molar-refractivity contribution in [3.05, 3.63) is 35.9 Å². The molecule has 206 valence electrons. The van der Waals surface area contributed by atoms with Crippen LogP contribution in [0.5, 0.6) is 0 Å². The van der Waals surface area contributed by atoms with Gasteiger partial charge in [-0.05, 0) is 72.8 Å². The summed E-state index contributed by atoms with van der Waals surface area (Å²) < 4.78 is 11.7. The van der Waals surface area contributed by atoms with Gasteiger partial charge in [0.25, 0.3) is 0 Å². The predicted molar refractivity (Wildman–Crippen MR) is 140 cm³/mol. The number of aliphatic hydroxyl groups is 1. The van der Waals surface area contributed by atoms with Crippen molar-refractivity contribution in [1.82, 2.24) is 15.1 Å². The van der Waals surface area contributed by atoms with E-state index in [0.717, 1.165) is 18.4 Å². The Kier molecular flexibility index (Phi) is 9.23. The van der Waals surface area contributed by atoms with E-state index in [1.807, 2.05) is 37.3 Å². The number of likely N-dealkylation sites (tertiary alicyclic amines) is 2. The summed E-state index contributed by atoms with van der Waals surface area (Å²) in [5.41, 5.74) is -1.38. The van der Waals surface area contributed by atoms with E-state index in [1.54, 1.807) is 32.6 Å². The zero-order chi connectivity index (χ0) is 27.4. The molecule has 1 aromatic rings. The summed E-state index contributed by atoms with van der Waals surface area (Å²) in [6.07, 6.45) is 0.0957. The number of aliphatic hydroxyl groups excluding tert-OH is 1. The third-order valence-corrected chi connectivity index (χ3v) is 7.28. The van der Waals surface area contributed by atoms with Gasteiger partial charge in [0.1, 0.15) is 11.6 Å². The van der Waals surface area contributed by atoms with E-state index >= 15 is 0 Å². The maximum atomic E-state index is 14.0. The highest BCUT2D eigenvalue weighted by Crippen LogP contribution is 2.38. The van der Waals surface area contributed by atoms with Crippen molar-refractivity contribution in [2.75, 3.05) is 13.1 Å². The minimum Gasteiger partial charge on any atom is -0.444 e. The lowest BCUT2D eigenvalue weighted by Crippen LogP contribution is -2.67. The van der Waals surface area contributed by atoms with Crippen LogP contribution in [0.15, 0.2) is 30.3 Å². The number of nitrogens with zero attached hydrogens (tertiary/aromatic N) is 2. The minimum absolute atomic E-state index is 0.220. The van der Waals surface area contributed by atoms with E-state index in [9.17, 15) is 19.5 Å². The Morgan fingerprint density at radius 1 is 1.14 bits per heavy atom. The average molecular weight is 518 g/mol. The Hall–Kier alpha value is -2.65. The van der Waals surface area contributed by atoms with Crippen LogP contribution >= 0.6 is 0 Å². The Morgan fingerprint density at radius 2 is 1.76 bits per heavy atom. The molecule has 0 aliphatic carbocycles. The summed E-state index contributed by atoms with van der Waals surface area (Å²) in [5, 5.41) is 13.8. The maximum absolute atomic E-state index is 14.0. The molecule has 3 unspecified atom stereocenters. The minimum atomic E-state index is -1.57. The molecule has 0 spiro atoms. The van der Waals surface area contributed by atoms with Crippen molar-refractivity contribution in [3.8, 4) is 0 Å². The number of amides is 3. The molecule has 0 saturated carbocycles. The van der Waals surface area contributed by atoms with Crippen LogP contribution in [0.25, 0.3) is 0 Å². The van der Waals surface area contributed by atoms with Crippen LogP contribution in [-0.4, -0.2) is 81.3 Å². The van der Waals surface area contributed by atoms with Gasteiger partial charge in [0.05, 0.1) is 18.8 Å². The molecule has 37 heavy (non-hydrogen) atoms. The zero-order valence-electron chi connectivity index (χ0n) is 23.0. The van der Waals surface area contributed by atoms with E-state index in [4.69, 9.17) is 9.47 Å². The second-order valence-electron chi connectivity index (χ2n) is 11.3. The molecule has 2 heterocycles. The fourth-order valence-corrected chi connectivity index (χ4v) is 5.23. The molecule has 9 nitrogen and oxygen atoms in total. The van der Waals surface area contributed by atoms with Gasteiger partial charge in [-0.15, -0.1) is 0 Å². The second kappa shape index (κ2) is 11.8. The van der Waals surface area contributed by atoms with Crippen LogP contribution in [0.3, 0.4) is 0 Å². The molecule has 3 rings (SSSR count). The van der Waals surface area contributed by atoms with E-state index in [-0.39, 0.29) is 25.0 Å². The number of benzene rings is 1. The quantitative estimate of drug-likeness (QED) is 0.548. The number of hydrogen-bond donors (Lipinski definition) is 2. The smallest absolute Gasteiger partial charge is 0.411 e. The standard InChI is InChI=1S/C28H43N3O6/c1-19-14-15-28(21(3)32,31(19)26(35)37-27(4,5)6)25(34)29-23(24(33)30-16-10-11-17-30)20(2)36-18-22-12-8-7-9-13-22/h7-9,12-13,19-21,23,32H,10-11,14-18H2,1-6H3,(H,29,34)/t19?,20-,21?,23+,28?/m1/s1. The number of hydrogen-bond acceptors (Lipinski definition) is 6. The lowest BCUT2D eigenvalue weighted by molar-refractivity contribution is -0.147. The van der Waals surface area contributed by atoms with Crippen molar-refractivity contribution < 1.29 is 29.0 Å². The summed E-state index contributed by atoms with van der Waals surface area (Å²) >= 11 is 0. The van der Waals surface area contributed by atoms with Crippen LogP contribution in [0, 0.1) is 0 Å². The van der Waals surface area contributed by atoms with Crippen LogP contribution in [0.2, 0.25) is 0 Å². The van der Waals surface area contributed by atoms with Crippen LogP contribution in [0.4, 0.5) is 4.79 Å². The Labute approximate surface area is 220 Å². The Bertz CT molecular complexity index is 941. The molecule has 3 amide bonds. The maximum Gasteiger partial charge on any atom is 0.411 e. The molecule has 2 saturated heterocycles. The van der Waals surface area contributed by atoms with Crippen LogP contribution in [-0.2, 0) is 25.7 Å². The lowest BCUT2D eigenvalue weighted by atomic mass is 9.88. The van der Waals surface area contributed by atoms with Gasteiger partial charge in [-0.2, -0.15) is 0 Å². The molecule has 2 aliphatic rings. The van der Waals surface area contributed by atoms with E-state index in [0.29, 0.717) is 19.5 Å².